The molecule has 1 amide bonds. The Morgan fingerprint density at radius 1 is 1.29 bits per heavy atom. The van der Waals surface area contributed by atoms with Gasteiger partial charge in [0.25, 0.3) is 5.91 Å². The molecule has 0 aliphatic heterocycles. The molecule has 6 nitrogen and oxygen atoms in total. The number of alkyl halides is 3. The van der Waals surface area contributed by atoms with Crippen LogP contribution >= 0.6 is 11.6 Å². The monoisotopic (exact) mass is 461 g/mol. The van der Waals surface area contributed by atoms with E-state index in [0.29, 0.717) is 6.42 Å². The fourth-order valence-electron chi connectivity index (χ4n) is 4.37. The summed E-state index contributed by atoms with van der Waals surface area (Å²) < 4.78 is 60.3. The summed E-state index contributed by atoms with van der Waals surface area (Å²) in [5, 5.41) is 7.29. The van der Waals surface area contributed by atoms with Crippen LogP contribution in [-0.2, 0) is 21.5 Å². The SMILES string of the molecule is O=C(COc1ccc(Cl)c(F)c1)NC12CC(n3cc(CCCOC(F)(F)F)cn3)(C1)C2. The van der Waals surface area contributed by atoms with Crippen molar-refractivity contribution < 1.29 is 31.8 Å². The zero-order chi connectivity index (χ0) is 22.3. The highest BCUT2D eigenvalue weighted by Crippen LogP contribution is 2.64. The third-order valence-corrected chi connectivity index (χ3v) is 5.97. The van der Waals surface area contributed by atoms with Gasteiger partial charge in [0.2, 0.25) is 0 Å². The predicted octanol–water partition coefficient (Wildman–Crippen LogP) is 3.97. The number of hydrogen-bond donors (Lipinski definition) is 1. The Morgan fingerprint density at radius 2 is 2.03 bits per heavy atom. The second-order valence-corrected chi connectivity index (χ2v) is 8.55. The van der Waals surface area contributed by atoms with Crippen LogP contribution in [-0.4, -0.2) is 40.8 Å². The van der Waals surface area contributed by atoms with Crippen molar-refractivity contribution in [3.05, 3.63) is 47.0 Å². The molecule has 1 aromatic heterocycles. The molecule has 0 unspecified atom stereocenters. The Bertz CT molecular complexity index is 959. The molecule has 168 valence electrons. The van der Waals surface area contributed by atoms with Gasteiger partial charge in [-0.15, -0.1) is 13.2 Å². The Morgan fingerprint density at radius 3 is 2.71 bits per heavy atom. The molecule has 5 rings (SSSR count). The van der Waals surface area contributed by atoms with Crippen molar-refractivity contribution in [1.29, 1.82) is 0 Å². The van der Waals surface area contributed by atoms with Gasteiger partial charge in [-0.3, -0.25) is 14.2 Å². The number of carbonyl (C=O) groups excluding carboxylic acids is 1. The molecule has 1 heterocycles. The van der Waals surface area contributed by atoms with E-state index in [1.807, 2.05) is 10.9 Å². The van der Waals surface area contributed by atoms with Crippen molar-refractivity contribution in [2.45, 2.75) is 49.5 Å². The van der Waals surface area contributed by atoms with E-state index in [1.165, 1.54) is 12.1 Å². The third kappa shape index (κ3) is 4.79. The van der Waals surface area contributed by atoms with Crippen molar-refractivity contribution in [2.75, 3.05) is 13.2 Å². The molecule has 0 atom stereocenters. The van der Waals surface area contributed by atoms with Crippen LogP contribution in [0.25, 0.3) is 0 Å². The number of benzene rings is 1. The van der Waals surface area contributed by atoms with Crippen molar-refractivity contribution in [3.63, 3.8) is 0 Å². The fraction of sp³-hybridized carbons (Fsp3) is 0.500. The molecular formula is C20H20ClF4N3O3. The quantitative estimate of drug-likeness (QED) is 0.453. The van der Waals surface area contributed by atoms with Gasteiger partial charge in [0.1, 0.15) is 11.6 Å². The van der Waals surface area contributed by atoms with Crippen LogP contribution in [0.3, 0.4) is 0 Å². The van der Waals surface area contributed by atoms with E-state index in [0.717, 1.165) is 30.9 Å². The van der Waals surface area contributed by atoms with Gasteiger partial charge in [-0.2, -0.15) is 5.10 Å². The maximum atomic E-state index is 13.4. The maximum absolute atomic E-state index is 13.4. The van der Waals surface area contributed by atoms with Gasteiger partial charge in [-0.25, -0.2) is 4.39 Å². The molecule has 31 heavy (non-hydrogen) atoms. The van der Waals surface area contributed by atoms with Crippen molar-refractivity contribution >= 4 is 17.5 Å². The van der Waals surface area contributed by atoms with Gasteiger partial charge in [0.15, 0.2) is 6.61 Å². The van der Waals surface area contributed by atoms with E-state index in [9.17, 15) is 22.4 Å². The topological polar surface area (TPSA) is 65.4 Å². The van der Waals surface area contributed by atoms with Crippen LogP contribution in [0.2, 0.25) is 5.02 Å². The number of rotatable bonds is 9. The summed E-state index contributed by atoms with van der Waals surface area (Å²) in [7, 11) is 0. The molecule has 3 aliphatic carbocycles. The second kappa shape index (κ2) is 7.98. The van der Waals surface area contributed by atoms with Crippen molar-refractivity contribution in [2.24, 2.45) is 0 Å². The molecule has 0 spiro atoms. The first-order valence-corrected chi connectivity index (χ1v) is 10.1. The molecule has 1 aromatic carbocycles. The number of ether oxygens (including phenoxy) is 2. The lowest BCUT2D eigenvalue weighted by Gasteiger charge is -2.69. The van der Waals surface area contributed by atoms with Gasteiger partial charge in [-0.05, 0) is 49.8 Å². The van der Waals surface area contributed by atoms with Crippen LogP contribution in [0.5, 0.6) is 5.75 Å². The Balaban J connectivity index is 1.20. The number of nitrogens with zero attached hydrogens (tertiary/aromatic N) is 2. The molecule has 2 bridgehead atoms. The minimum Gasteiger partial charge on any atom is -0.484 e. The molecule has 0 radical (unpaired) electrons. The van der Waals surface area contributed by atoms with E-state index in [1.54, 1.807) is 6.20 Å². The summed E-state index contributed by atoms with van der Waals surface area (Å²) in [5.41, 5.74) is 0.393. The highest BCUT2D eigenvalue weighted by Gasteiger charge is 2.70. The van der Waals surface area contributed by atoms with Gasteiger partial charge in [0.05, 0.1) is 23.4 Å². The summed E-state index contributed by atoms with van der Waals surface area (Å²) in [6.45, 7) is -0.624. The summed E-state index contributed by atoms with van der Waals surface area (Å²) in [5.74, 6) is -0.697. The molecule has 3 saturated carbocycles. The summed E-state index contributed by atoms with van der Waals surface area (Å²) in [6, 6.07) is 3.96. The average molecular weight is 462 g/mol. The minimum absolute atomic E-state index is 0.0209. The van der Waals surface area contributed by atoms with Gasteiger partial charge in [0, 0.05) is 17.8 Å². The van der Waals surface area contributed by atoms with Crippen LogP contribution in [0, 0.1) is 5.82 Å². The zero-order valence-electron chi connectivity index (χ0n) is 16.3. The second-order valence-electron chi connectivity index (χ2n) is 8.14. The zero-order valence-corrected chi connectivity index (χ0v) is 17.1. The number of halogens is 5. The van der Waals surface area contributed by atoms with Gasteiger partial charge >= 0.3 is 6.36 Å². The molecule has 0 saturated heterocycles. The number of hydrogen-bond acceptors (Lipinski definition) is 4. The lowest BCUT2D eigenvalue weighted by molar-refractivity contribution is -0.324. The van der Waals surface area contributed by atoms with Crippen molar-refractivity contribution in [3.8, 4) is 5.75 Å². The molecule has 1 N–H and O–H groups in total. The summed E-state index contributed by atoms with van der Waals surface area (Å²) >= 11 is 5.61. The first-order chi connectivity index (χ1) is 14.6. The van der Waals surface area contributed by atoms with Gasteiger partial charge in [-0.1, -0.05) is 11.6 Å². The van der Waals surface area contributed by atoms with Crippen LogP contribution in [0.4, 0.5) is 17.6 Å². The van der Waals surface area contributed by atoms with Crippen LogP contribution < -0.4 is 10.1 Å². The smallest absolute Gasteiger partial charge is 0.484 e. The number of nitrogens with one attached hydrogen (secondary N) is 1. The van der Waals surface area contributed by atoms with Crippen LogP contribution in [0.1, 0.15) is 31.2 Å². The standard InChI is InChI=1S/C20H20ClF4N3O3/c21-15-4-3-14(6-16(15)22)30-9-17(29)27-18-10-19(11-18,12-18)28-8-13(7-26-28)2-1-5-31-20(23,24)25/h3-4,6-8H,1-2,5,9-12H2,(H,27,29). The van der Waals surface area contributed by atoms with Gasteiger partial charge < -0.3 is 10.1 Å². The maximum Gasteiger partial charge on any atom is 0.522 e. The largest absolute Gasteiger partial charge is 0.522 e. The first-order valence-electron chi connectivity index (χ1n) is 9.72. The lowest BCUT2D eigenvalue weighted by atomic mass is 9.44. The normalized spacial score (nSPS) is 24.3. The predicted molar refractivity (Wildman–Crippen MR) is 102 cm³/mol. The Labute approximate surface area is 180 Å². The highest BCUT2D eigenvalue weighted by molar-refractivity contribution is 6.30. The number of aromatic nitrogens is 2. The van der Waals surface area contributed by atoms with E-state index in [-0.39, 0.29) is 47.4 Å². The number of amides is 1. The minimum atomic E-state index is -4.61. The number of carbonyl (C=O) groups is 1. The first kappa shape index (κ1) is 21.9. The summed E-state index contributed by atoms with van der Waals surface area (Å²) in [6.07, 6.45) is 1.74. The summed E-state index contributed by atoms with van der Waals surface area (Å²) in [4.78, 5) is 12.2. The fourth-order valence-corrected chi connectivity index (χ4v) is 4.49. The van der Waals surface area contributed by atoms with Crippen molar-refractivity contribution in [1.82, 2.24) is 15.1 Å². The van der Waals surface area contributed by atoms with E-state index < -0.39 is 12.2 Å². The van der Waals surface area contributed by atoms with E-state index >= 15 is 0 Å². The van der Waals surface area contributed by atoms with E-state index in [4.69, 9.17) is 16.3 Å². The average Bonchev–Trinajstić information content (AvgIpc) is 3.09. The van der Waals surface area contributed by atoms with Crippen LogP contribution in [0.15, 0.2) is 30.6 Å². The molecular weight excluding hydrogens is 442 g/mol. The molecule has 2 aromatic rings. The van der Waals surface area contributed by atoms with E-state index in [2.05, 4.69) is 15.2 Å². The third-order valence-electron chi connectivity index (χ3n) is 5.67. The number of aryl methyl sites for hydroxylation is 1. The molecule has 3 fully saturated rings. The molecule has 3 aliphatic rings. The highest BCUT2D eigenvalue weighted by atomic mass is 35.5. The Kier molecular flexibility index (Phi) is 5.63. The lowest BCUT2D eigenvalue weighted by Crippen LogP contribution is -2.79. The molecule has 11 heteroatoms. The Hall–Kier alpha value is -2.33.